The van der Waals surface area contributed by atoms with Gasteiger partial charge in [-0.05, 0) is 42.1 Å². The summed E-state index contributed by atoms with van der Waals surface area (Å²) in [5.41, 5.74) is 2.42. The lowest BCUT2D eigenvalue weighted by Crippen LogP contribution is -2.46. The van der Waals surface area contributed by atoms with Gasteiger partial charge in [0.05, 0.1) is 12.3 Å². The smallest absolute Gasteiger partial charge is 0.142 e. The van der Waals surface area contributed by atoms with E-state index < -0.39 is 0 Å². The second kappa shape index (κ2) is 9.77. The summed E-state index contributed by atoms with van der Waals surface area (Å²) >= 11 is 1.82. The second-order valence-corrected chi connectivity index (χ2v) is 8.52. The van der Waals surface area contributed by atoms with Crippen LogP contribution in [0.4, 0.5) is 11.4 Å². The van der Waals surface area contributed by atoms with Crippen molar-refractivity contribution in [3.8, 4) is 11.5 Å². The van der Waals surface area contributed by atoms with Gasteiger partial charge in [-0.15, -0.1) is 23.7 Å². The third-order valence-corrected chi connectivity index (χ3v) is 6.58. The number of thiophene rings is 1. The average molecular weight is 446 g/mol. The molecule has 3 aromatic rings. The molecule has 7 heteroatoms. The van der Waals surface area contributed by atoms with Crippen LogP contribution in [0, 0.1) is 0 Å². The molecule has 0 saturated carbocycles. The van der Waals surface area contributed by atoms with Crippen LogP contribution in [0.1, 0.15) is 6.42 Å². The molecule has 0 unspecified atom stereocenters. The maximum absolute atomic E-state index is 5.96. The van der Waals surface area contributed by atoms with Crippen LogP contribution >= 0.6 is 23.7 Å². The van der Waals surface area contributed by atoms with Crippen LogP contribution in [0.15, 0.2) is 47.8 Å². The van der Waals surface area contributed by atoms with Gasteiger partial charge in [0.15, 0.2) is 0 Å². The monoisotopic (exact) mass is 445 g/mol. The molecule has 0 radical (unpaired) electrons. The Morgan fingerprint density at radius 3 is 2.87 bits per heavy atom. The zero-order valence-electron chi connectivity index (χ0n) is 17.0. The number of rotatable bonds is 6. The summed E-state index contributed by atoms with van der Waals surface area (Å²) in [6.45, 7) is 7.81. The van der Waals surface area contributed by atoms with E-state index in [1.54, 1.807) is 0 Å². The van der Waals surface area contributed by atoms with E-state index in [2.05, 4.69) is 44.8 Å². The lowest BCUT2D eigenvalue weighted by atomic mass is 10.2. The molecule has 0 bridgehead atoms. The van der Waals surface area contributed by atoms with Gasteiger partial charge in [-0.1, -0.05) is 6.07 Å². The van der Waals surface area contributed by atoms with E-state index in [4.69, 9.17) is 9.47 Å². The molecule has 2 aliphatic heterocycles. The lowest BCUT2D eigenvalue weighted by molar-refractivity contribution is 0.224. The SMILES string of the molecule is Cl.c1cc(N2CCN(CCCOc3ccc4c(c3)NCCO4)CC2)c2ccsc2c1. The van der Waals surface area contributed by atoms with Crippen molar-refractivity contribution >= 4 is 45.2 Å². The van der Waals surface area contributed by atoms with Crippen LogP contribution in [-0.2, 0) is 0 Å². The maximum Gasteiger partial charge on any atom is 0.142 e. The van der Waals surface area contributed by atoms with Crippen LogP contribution in [0.5, 0.6) is 11.5 Å². The number of hydrogen-bond donors (Lipinski definition) is 1. The molecule has 30 heavy (non-hydrogen) atoms. The topological polar surface area (TPSA) is 37.0 Å². The van der Waals surface area contributed by atoms with Crippen molar-refractivity contribution in [1.82, 2.24) is 4.90 Å². The molecule has 1 saturated heterocycles. The fourth-order valence-corrected chi connectivity index (χ4v) is 4.96. The minimum absolute atomic E-state index is 0. The molecule has 0 atom stereocenters. The van der Waals surface area contributed by atoms with Crippen molar-refractivity contribution in [2.45, 2.75) is 6.42 Å². The van der Waals surface area contributed by atoms with Gasteiger partial charge in [0.25, 0.3) is 0 Å². The Bertz CT molecular complexity index is 972. The van der Waals surface area contributed by atoms with Gasteiger partial charge >= 0.3 is 0 Å². The summed E-state index contributed by atoms with van der Waals surface area (Å²) < 4.78 is 13.0. The van der Waals surface area contributed by atoms with Gasteiger partial charge in [-0.2, -0.15) is 0 Å². The molecule has 1 fully saturated rings. The van der Waals surface area contributed by atoms with Crippen LogP contribution in [0.2, 0.25) is 0 Å². The van der Waals surface area contributed by atoms with Gasteiger partial charge in [0.1, 0.15) is 18.1 Å². The van der Waals surface area contributed by atoms with Crippen molar-refractivity contribution in [1.29, 1.82) is 0 Å². The standard InChI is InChI=1S/C23H27N3O2S.ClH/c1-3-21(19-7-16-29-23(19)4-1)26-12-10-25(11-13-26)9-2-14-27-18-5-6-22-20(17-18)24-8-15-28-22;/h1,3-7,16-17,24H,2,8-15H2;1H. The first-order valence-corrected chi connectivity index (χ1v) is 11.3. The van der Waals surface area contributed by atoms with E-state index >= 15 is 0 Å². The van der Waals surface area contributed by atoms with Crippen molar-refractivity contribution in [3.63, 3.8) is 0 Å². The zero-order chi connectivity index (χ0) is 19.5. The fourth-order valence-electron chi connectivity index (χ4n) is 4.15. The highest BCUT2D eigenvalue weighted by atomic mass is 35.5. The third kappa shape index (κ3) is 4.61. The van der Waals surface area contributed by atoms with E-state index in [9.17, 15) is 0 Å². The molecular formula is C23H28ClN3O2S. The Balaban J connectivity index is 0.00000218. The second-order valence-electron chi connectivity index (χ2n) is 7.57. The fraction of sp³-hybridized carbons (Fsp3) is 0.391. The van der Waals surface area contributed by atoms with Gasteiger partial charge in [-0.3, -0.25) is 4.90 Å². The number of piperazine rings is 1. The molecule has 0 aliphatic carbocycles. The van der Waals surface area contributed by atoms with Gasteiger partial charge in [0.2, 0.25) is 0 Å². The van der Waals surface area contributed by atoms with E-state index in [1.807, 2.05) is 29.5 Å². The van der Waals surface area contributed by atoms with Crippen LogP contribution < -0.4 is 19.7 Å². The largest absolute Gasteiger partial charge is 0.493 e. The number of fused-ring (bicyclic) bond motifs is 2. The van der Waals surface area contributed by atoms with Crippen LogP contribution in [0.3, 0.4) is 0 Å². The first-order chi connectivity index (χ1) is 14.4. The van der Waals surface area contributed by atoms with Crippen molar-refractivity contribution < 1.29 is 9.47 Å². The molecule has 3 heterocycles. The molecule has 0 amide bonds. The number of nitrogens with zero attached hydrogens (tertiary/aromatic N) is 2. The molecule has 5 rings (SSSR count). The molecule has 1 aromatic heterocycles. The highest BCUT2D eigenvalue weighted by Crippen LogP contribution is 2.32. The Kier molecular flexibility index (Phi) is 6.87. The predicted molar refractivity (Wildman–Crippen MR) is 128 cm³/mol. The highest BCUT2D eigenvalue weighted by molar-refractivity contribution is 7.17. The minimum atomic E-state index is 0. The number of anilines is 2. The molecule has 160 valence electrons. The summed E-state index contributed by atoms with van der Waals surface area (Å²) in [7, 11) is 0. The number of hydrogen-bond acceptors (Lipinski definition) is 6. The van der Waals surface area contributed by atoms with Crippen LogP contribution in [0.25, 0.3) is 10.1 Å². The summed E-state index contributed by atoms with van der Waals surface area (Å²) in [6.07, 6.45) is 1.04. The Morgan fingerprint density at radius 2 is 1.97 bits per heavy atom. The van der Waals surface area contributed by atoms with Crippen molar-refractivity contribution in [2.75, 3.05) is 62.7 Å². The molecular weight excluding hydrogens is 418 g/mol. The normalized spacial score (nSPS) is 16.3. The zero-order valence-corrected chi connectivity index (χ0v) is 18.6. The summed E-state index contributed by atoms with van der Waals surface area (Å²) in [4.78, 5) is 5.08. The average Bonchev–Trinajstić information content (AvgIpc) is 3.26. The first kappa shape index (κ1) is 21.1. The predicted octanol–water partition coefficient (Wildman–Crippen LogP) is 4.72. The highest BCUT2D eigenvalue weighted by Gasteiger charge is 2.18. The van der Waals surface area contributed by atoms with E-state index in [1.165, 1.54) is 15.8 Å². The first-order valence-electron chi connectivity index (χ1n) is 10.4. The van der Waals surface area contributed by atoms with E-state index in [0.29, 0.717) is 0 Å². The Hall–Kier alpha value is -2.15. The number of ether oxygens (including phenoxy) is 2. The number of nitrogens with one attached hydrogen (secondary N) is 1. The summed E-state index contributed by atoms with van der Waals surface area (Å²) in [5.74, 6) is 1.83. The van der Waals surface area contributed by atoms with Crippen LogP contribution in [-0.4, -0.2) is 57.4 Å². The summed E-state index contributed by atoms with van der Waals surface area (Å²) in [6, 6.07) is 14.9. The quantitative estimate of drug-likeness (QED) is 0.556. The minimum Gasteiger partial charge on any atom is -0.493 e. The van der Waals surface area contributed by atoms with Crippen molar-refractivity contribution in [3.05, 3.63) is 47.8 Å². The van der Waals surface area contributed by atoms with E-state index in [-0.39, 0.29) is 12.4 Å². The Labute approximate surface area is 188 Å². The third-order valence-electron chi connectivity index (χ3n) is 5.70. The van der Waals surface area contributed by atoms with Gasteiger partial charge in [-0.25, -0.2) is 0 Å². The molecule has 5 nitrogen and oxygen atoms in total. The molecule has 2 aliphatic rings. The number of halogens is 1. The van der Waals surface area contributed by atoms with E-state index in [0.717, 1.165) is 76.1 Å². The lowest BCUT2D eigenvalue weighted by Gasteiger charge is -2.36. The van der Waals surface area contributed by atoms with Gasteiger partial charge in [0, 0.05) is 61.1 Å². The van der Waals surface area contributed by atoms with Gasteiger partial charge < -0.3 is 19.7 Å². The Morgan fingerprint density at radius 1 is 1.07 bits per heavy atom. The molecule has 2 aromatic carbocycles. The maximum atomic E-state index is 5.96. The van der Waals surface area contributed by atoms with Crippen molar-refractivity contribution in [2.24, 2.45) is 0 Å². The number of benzene rings is 2. The molecule has 1 N–H and O–H groups in total. The summed E-state index contributed by atoms with van der Waals surface area (Å²) in [5, 5.41) is 6.94. The molecule has 0 spiro atoms.